The van der Waals surface area contributed by atoms with Gasteiger partial charge in [-0.3, -0.25) is 4.79 Å². The molecular formula is C19H14F4N4O. The quantitative estimate of drug-likeness (QED) is 0.638. The molecule has 0 aliphatic heterocycles. The van der Waals surface area contributed by atoms with Gasteiger partial charge in [0, 0.05) is 18.3 Å². The van der Waals surface area contributed by atoms with E-state index in [9.17, 15) is 22.4 Å². The van der Waals surface area contributed by atoms with Crippen LogP contribution in [0.1, 0.15) is 21.6 Å². The Balaban J connectivity index is 1.64. The molecule has 0 fully saturated rings. The van der Waals surface area contributed by atoms with Crippen molar-refractivity contribution in [1.82, 2.24) is 15.3 Å². The molecule has 0 spiro atoms. The monoisotopic (exact) mass is 390 g/mol. The summed E-state index contributed by atoms with van der Waals surface area (Å²) >= 11 is 0. The summed E-state index contributed by atoms with van der Waals surface area (Å²) in [5, 5.41) is 5.46. The number of nitrogens with one attached hydrogen (secondary N) is 2. The van der Waals surface area contributed by atoms with Crippen molar-refractivity contribution in [2.24, 2.45) is 0 Å². The molecule has 3 rings (SSSR count). The van der Waals surface area contributed by atoms with Gasteiger partial charge in [0.2, 0.25) is 0 Å². The first-order valence-electron chi connectivity index (χ1n) is 8.10. The summed E-state index contributed by atoms with van der Waals surface area (Å²) in [4.78, 5) is 20.0. The molecule has 2 N–H and O–H groups in total. The molecule has 0 saturated carbocycles. The molecule has 0 unspecified atom stereocenters. The second kappa shape index (κ2) is 8.03. The number of rotatable bonds is 5. The Kier molecular flexibility index (Phi) is 5.53. The molecule has 0 aliphatic carbocycles. The maximum absolute atomic E-state index is 12.9. The van der Waals surface area contributed by atoms with Gasteiger partial charge >= 0.3 is 6.18 Å². The lowest BCUT2D eigenvalue weighted by Crippen LogP contribution is -2.24. The van der Waals surface area contributed by atoms with Crippen LogP contribution >= 0.6 is 0 Å². The third kappa shape index (κ3) is 5.03. The topological polar surface area (TPSA) is 66.9 Å². The van der Waals surface area contributed by atoms with E-state index in [2.05, 4.69) is 20.6 Å². The highest BCUT2D eigenvalue weighted by atomic mass is 19.4. The predicted molar refractivity (Wildman–Crippen MR) is 94.3 cm³/mol. The fourth-order valence-corrected chi connectivity index (χ4v) is 2.32. The number of nitrogens with zero attached hydrogens (tertiary/aromatic N) is 2. The highest BCUT2D eigenvalue weighted by Crippen LogP contribution is 2.30. The van der Waals surface area contributed by atoms with E-state index in [0.717, 1.165) is 12.1 Å². The van der Waals surface area contributed by atoms with E-state index in [1.165, 1.54) is 36.7 Å². The highest BCUT2D eigenvalue weighted by molar-refractivity contribution is 5.92. The van der Waals surface area contributed by atoms with Crippen LogP contribution in [0.25, 0.3) is 0 Å². The first kappa shape index (κ1) is 19.3. The number of carbonyl (C=O) groups is 1. The summed E-state index contributed by atoms with van der Waals surface area (Å²) in [5.41, 5.74) is 0.407. The van der Waals surface area contributed by atoms with E-state index < -0.39 is 17.6 Å². The fraction of sp³-hybridized carbons (Fsp3) is 0.105. The molecule has 3 aromatic rings. The van der Waals surface area contributed by atoms with Crippen LogP contribution in [0, 0.1) is 5.82 Å². The summed E-state index contributed by atoms with van der Waals surface area (Å²) in [6, 6.07) is 11.5. The van der Waals surface area contributed by atoms with Crippen LogP contribution < -0.4 is 10.6 Å². The number of carbonyl (C=O) groups excluding carboxylic acids is 1. The third-order valence-electron chi connectivity index (χ3n) is 3.75. The number of halogens is 4. The minimum absolute atomic E-state index is 0.0755. The summed E-state index contributed by atoms with van der Waals surface area (Å²) in [5.74, 6) is -0.589. The Labute approximate surface area is 157 Å². The van der Waals surface area contributed by atoms with E-state index in [1.807, 2.05) is 0 Å². The number of aromatic nitrogens is 2. The fourth-order valence-electron chi connectivity index (χ4n) is 2.32. The average Bonchev–Trinajstić information content (AvgIpc) is 2.67. The first-order valence-corrected chi connectivity index (χ1v) is 8.10. The second-order valence-corrected chi connectivity index (χ2v) is 5.80. The van der Waals surface area contributed by atoms with Gasteiger partial charge < -0.3 is 10.6 Å². The zero-order valence-electron chi connectivity index (χ0n) is 14.3. The molecule has 1 amide bonds. The molecule has 1 aromatic heterocycles. The van der Waals surface area contributed by atoms with Crippen molar-refractivity contribution >= 4 is 17.4 Å². The number of hydrogen-bond donors (Lipinski definition) is 2. The molecule has 0 bridgehead atoms. The Morgan fingerprint density at radius 1 is 0.964 bits per heavy atom. The molecule has 2 aromatic carbocycles. The van der Waals surface area contributed by atoms with E-state index >= 15 is 0 Å². The van der Waals surface area contributed by atoms with Crippen LogP contribution in [0.2, 0.25) is 0 Å². The van der Waals surface area contributed by atoms with Gasteiger partial charge in [-0.1, -0.05) is 12.1 Å². The normalized spacial score (nSPS) is 11.1. The maximum atomic E-state index is 12.9. The lowest BCUT2D eigenvalue weighted by molar-refractivity contribution is -0.137. The van der Waals surface area contributed by atoms with Crippen molar-refractivity contribution in [3.63, 3.8) is 0 Å². The average molecular weight is 390 g/mol. The molecule has 0 atom stereocenters. The Morgan fingerprint density at radius 3 is 2.29 bits per heavy atom. The van der Waals surface area contributed by atoms with Crippen LogP contribution in [0.5, 0.6) is 0 Å². The van der Waals surface area contributed by atoms with E-state index in [1.54, 1.807) is 12.1 Å². The summed E-state index contributed by atoms with van der Waals surface area (Å²) in [6.45, 7) is 0.185. The maximum Gasteiger partial charge on any atom is 0.416 e. The SMILES string of the molecule is O=C(NCc1ccc(F)cc1)c1cc(Nc2ccc(C(F)(F)F)cc2)ncn1. The Hall–Kier alpha value is -3.49. The van der Waals surface area contributed by atoms with Gasteiger partial charge in [0.25, 0.3) is 5.91 Å². The molecule has 0 saturated heterocycles. The van der Waals surface area contributed by atoms with Gasteiger partial charge in [-0.15, -0.1) is 0 Å². The minimum atomic E-state index is -4.41. The standard InChI is InChI=1S/C19H14F4N4O/c20-14-5-1-12(2-6-14)10-24-18(28)16-9-17(26-11-25-16)27-15-7-3-13(4-8-15)19(21,22)23/h1-9,11H,10H2,(H,24,28)(H,25,26,27). The van der Waals surface area contributed by atoms with Crippen LogP contribution in [0.4, 0.5) is 29.1 Å². The van der Waals surface area contributed by atoms with Gasteiger partial charge in [0.05, 0.1) is 5.56 Å². The Morgan fingerprint density at radius 2 is 1.64 bits per heavy atom. The molecule has 0 radical (unpaired) electrons. The van der Waals surface area contributed by atoms with Crippen LogP contribution in [-0.2, 0) is 12.7 Å². The lowest BCUT2D eigenvalue weighted by atomic mass is 10.2. The van der Waals surface area contributed by atoms with Crippen molar-refractivity contribution < 1.29 is 22.4 Å². The predicted octanol–water partition coefficient (Wildman–Crippen LogP) is 4.31. The largest absolute Gasteiger partial charge is 0.416 e. The van der Waals surface area contributed by atoms with Crippen LogP contribution in [0.15, 0.2) is 60.9 Å². The molecule has 5 nitrogen and oxygen atoms in total. The van der Waals surface area contributed by atoms with Crippen molar-refractivity contribution in [3.8, 4) is 0 Å². The number of amides is 1. The van der Waals surface area contributed by atoms with Crippen molar-refractivity contribution in [2.45, 2.75) is 12.7 Å². The highest BCUT2D eigenvalue weighted by Gasteiger charge is 2.29. The number of hydrogen-bond acceptors (Lipinski definition) is 4. The Bertz CT molecular complexity index is 957. The van der Waals surface area contributed by atoms with Gasteiger partial charge in [0.1, 0.15) is 23.7 Å². The minimum Gasteiger partial charge on any atom is -0.347 e. The molecule has 1 heterocycles. The summed E-state index contributed by atoms with van der Waals surface area (Å²) in [6.07, 6.45) is -3.25. The smallest absolute Gasteiger partial charge is 0.347 e. The van der Waals surface area contributed by atoms with Gasteiger partial charge in [-0.25, -0.2) is 14.4 Å². The van der Waals surface area contributed by atoms with Gasteiger partial charge in [-0.2, -0.15) is 13.2 Å². The first-order chi connectivity index (χ1) is 13.3. The van der Waals surface area contributed by atoms with Gasteiger partial charge in [0.15, 0.2) is 0 Å². The van der Waals surface area contributed by atoms with Gasteiger partial charge in [-0.05, 0) is 42.0 Å². The lowest BCUT2D eigenvalue weighted by Gasteiger charge is -2.10. The van der Waals surface area contributed by atoms with E-state index in [4.69, 9.17) is 0 Å². The van der Waals surface area contributed by atoms with Crippen LogP contribution in [-0.4, -0.2) is 15.9 Å². The second-order valence-electron chi connectivity index (χ2n) is 5.80. The number of anilines is 2. The molecule has 9 heteroatoms. The zero-order valence-corrected chi connectivity index (χ0v) is 14.3. The molecule has 144 valence electrons. The van der Waals surface area contributed by atoms with Crippen LogP contribution in [0.3, 0.4) is 0 Å². The summed E-state index contributed by atoms with van der Waals surface area (Å²) in [7, 11) is 0. The molecular weight excluding hydrogens is 376 g/mol. The number of benzene rings is 2. The molecule has 0 aliphatic rings. The van der Waals surface area contributed by atoms with Crippen molar-refractivity contribution in [1.29, 1.82) is 0 Å². The van der Waals surface area contributed by atoms with E-state index in [-0.39, 0.29) is 23.9 Å². The third-order valence-corrected chi connectivity index (χ3v) is 3.75. The van der Waals surface area contributed by atoms with Crippen molar-refractivity contribution in [3.05, 3.63) is 83.6 Å². The number of alkyl halides is 3. The zero-order chi connectivity index (χ0) is 20.1. The van der Waals surface area contributed by atoms with Crippen molar-refractivity contribution in [2.75, 3.05) is 5.32 Å². The van der Waals surface area contributed by atoms with E-state index in [0.29, 0.717) is 11.3 Å². The summed E-state index contributed by atoms with van der Waals surface area (Å²) < 4.78 is 50.7. The molecule has 28 heavy (non-hydrogen) atoms.